The Hall–Kier alpha value is -0.670. The fourth-order valence-corrected chi connectivity index (χ4v) is 1.94. The van der Waals surface area contributed by atoms with Crippen molar-refractivity contribution in [2.24, 2.45) is 0 Å². The van der Waals surface area contributed by atoms with Crippen LogP contribution in [0.15, 0.2) is 33.2 Å². The van der Waals surface area contributed by atoms with Crippen molar-refractivity contribution in [3.63, 3.8) is 0 Å². The summed E-state index contributed by atoms with van der Waals surface area (Å²) in [4.78, 5) is 0. The van der Waals surface area contributed by atoms with Crippen molar-refractivity contribution in [1.29, 1.82) is 0 Å². The Labute approximate surface area is 89.5 Å². The summed E-state index contributed by atoms with van der Waals surface area (Å²) in [5.41, 5.74) is 0.841. The number of halogens is 1. The maximum Gasteiger partial charge on any atom is 0.135 e. The van der Waals surface area contributed by atoms with Gasteiger partial charge in [-0.1, -0.05) is 28.1 Å². The predicted molar refractivity (Wildman–Crippen MR) is 59.5 cm³/mol. The van der Waals surface area contributed by atoms with Gasteiger partial charge in [-0.15, -0.1) is 0 Å². The zero-order chi connectivity index (χ0) is 9.42. The minimum Gasteiger partial charge on any atom is -0.461 e. The average molecular weight is 255 g/mol. The molecule has 0 aliphatic rings. The summed E-state index contributed by atoms with van der Waals surface area (Å²) in [7, 11) is 0. The van der Waals surface area contributed by atoms with Crippen molar-refractivity contribution < 1.29 is 4.42 Å². The summed E-state index contributed by atoms with van der Waals surface area (Å²) in [6.45, 7) is 1.90. The summed E-state index contributed by atoms with van der Waals surface area (Å²) in [5.74, 6) is 0.847. The second kappa shape index (κ2) is 3.24. The molecule has 3 heteroatoms. The molecule has 0 fully saturated rings. The van der Waals surface area contributed by atoms with Gasteiger partial charge in [-0.3, -0.25) is 0 Å². The molecule has 0 radical (unpaired) electrons. The van der Waals surface area contributed by atoms with E-state index in [9.17, 15) is 0 Å². The highest BCUT2D eigenvalue weighted by molar-refractivity contribution is 9.10. The number of aryl methyl sites for hydroxylation is 1. The molecule has 1 nitrogen and oxygen atoms in total. The summed E-state index contributed by atoms with van der Waals surface area (Å²) in [6.07, 6.45) is 0. The van der Waals surface area contributed by atoms with E-state index >= 15 is 0 Å². The first-order chi connectivity index (χ1) is 6.16. The Morgan fingerprint density at radius 1 is 1.31 bits per heavy atom. The van der Waals surface area contributed by atoms with Gasteiger partial charge in [0.25, 0.3) is 0 Å². The van der Waals surface area contributed by atoms with Gasteiger partial charge in [-0.2, -0.15) is 0 Å². The van der Waals surface area contributed by atoms with Crippen LogP contribution < -0.4 is 0 Å². The molecule has 0 unspecified atom stereocenters. The number of hydrogen-bond acceptors (Lipinski definition) is 2. The Balaban J connectivity index is 2.95. The number of benzene rings is 1. The minimum atomic E-state index is 0.833. The molecule has 2 aromatic rings. The van der Waals surface area contributed by atoms with E-state index in [0.717, 1.165) is 25.7 Å². The van der Waals surface area contributed by atoms with Crippen LogP contribution in [0.4, 0.5) is 0 Å². The molecule has 0 saturated carbocycles. The van der Waals surface area contributed by atoms with E-state index in [-0.39, 0.29) is 0 Å². The van der Waals surface area contributed by atoms with Crippen LogP contribution in [0.3, 0.4) is 0 Å². The molecule has 0 aliphatic heterocycles. The first-order valence-corrected chi connectivity index (χ1v) is 5.07. The van der Waals surface area contributed by atoms with Crippen LogP contribution in [0.1, 0.15) is 5.76 Å². The van der Waals surface area contributed by atoms with E-state index in [0.29, 0.717) is 0 Å². The SMILES string of the molecule is Cc1cc(=S)c2cc(Br)ccc2o1. The van der Waals surface area contributed by atoms with Gasteiger partial charge >= 0.3 is 0 Å². The van der Waals surface area contributed by atoms with Crippen LogP contribution >= 0.6 is 28.1 Å². The number of hydrogen-bond donors (Lipinski definition) is 0. The molecule has 1 heterocycles. The topological polar surface area (TPSA) is 13.1 Å². The third-order valence-corrected chi connectivity index (χ3v) is 2.64. The van der Waals surface area contributed by atoms with Crippen LogP contribution in [0.25, 0.3) is 11.0 Å². The maximum absolute atomic E-state index is 5.51. The molecule has 0 amide bonds. The number of rotatable bonds is 0. The molecular formula is C10H7BrOS. The van der Waals surface area contributed by atoms with Crippen LogP contribution in [-0.4, -0.2) is 0 Å². The second-order valence-electron chi connectivity index (χ2n) is 2.86. The van der Waals surface area contributed by atoms with Gasteiger partial charge in [0, 0.05) is 9.86 Å². The zero-order valence-electron chi connectivity index (χ0n) is 7.00. The van der Waals surface area contributed by atoms with Crippen molar-refractivity contribution in [2.45, 2.75) is 6.92 Å². The lowest BCUT2D eigenvalue weighted by Gasteiger charge is -1.99. The first-order valence-electron chi connectivity index (χ1n) is 3.87. The molecule has 0 bridgehead atoms. The first kappa shape index (κ1) is 8.91. The quantitative estimate of drug-likeness (QED) is 0.653. The van der Waals surface area contributed by atoms with Crippen molar-refractivity contribution >= 4 is 39.1 Å². The molecule has 0 atom stereocenters. The van der Waals surface area contributed by atoms with Crippen LogP contribution in [0.2, 0.25) is 0 Å². The molecular weight excluding hydrogens is 248 g/mol. The van der Waals surface area contributed by atoms with Crippen molar-refractivity contribution in [3.05, 3.63) is 39.0 Å². The molecule has 1 aromatic heterocycles. The summed E-state index contributed by atoms with van der Waals surface area (Å²) >= 11 is 8.62. The van der Waals surface area contributed by atoms with Gasteiger partial charge in [-0.25, -0.2) is 0 Å². The summed E-state index contributed by atoms with van der Waals surface area (Å²) in [6, 6.07) is 7.70. The van der Waals surface area contributed by atoms with E-state index in [1.54, 1.807) is 0 Å². The monoisotopic (exact) mass is 254 g/mol. The van der Waals surface area contributed by atoms with E-state index in [2.05, 4.69) is 15.9 Å². The van der Waals surface area contributed by atoms with Crippen molar-refractivity contribution in [2.75, 3.05) is 0 Å². The molecule has 0 aliphatic carbocycles. The number of fused-ring (bicyclic) bond motifs is 1. The third kappa shape index (κ3) is 1.67. The highest BCUT2D eigenvalue weighted by Gasteiger charge is 1.99. The normalized spacial score (nSPS) is 10.6. The second-order valence-corrected chi connectivity index (χ2v) is 4.22. The molecule has 1 aromatic carbocycles. The van der Waals surface area contributed by atoms with Gasteiger partial charge in [0.15, 0.2) is 0 Å². The molecule has 2 rings (SSSR count). The highest BCUT2D eigenvalue weighted by Crippen LogP contribution is 2.22. The van der Waals surface area contributed by atoms with E-state index in [1.807, 2.05) is 31.2 Å². The van der Waals surface area contributed by atoms with Crippen molar-refractivity contribution in [3.8, 4) is 0 Å². The Morgan fingerprint density at radius 2 is 2.08 bits per heavy atom. The van der Waals surface area contributed by atoms with Crippen LogP contribution in [0.5, 0.6) is 0 Å². The predicted octanol–water partition coefficient (Wildman–Crippen LogP) is 4.23. The largest absolute Gasteiger partial charge is 0.461 e. The van der Waals surface area contributed by atoms with Gasteiger partial charge < -0.3 is 4.42 Å². The van der Waals surface area contributed by atoms with E-state index < -0.39 is 0 Å². The van der Waals surface area contributed by atoms with Gasteiger partial charge in [0.1, 0.15) is 11.3 Å². The fraction of sp³-hybridized carbons (Fsp3) is 0.100. The van der Waals surface area contributed by atoms with Crippen molar-refractivity contribution in [1.82, 2.24) is 0 Å². The van der Waals surface area contributed by atoms with Gasteiger partial charge in [-0.05, 0) is 31.2 Å². The lowest BCUT2D eigenvalue weighted by Crippen LogP contribution is -1.77. The summed E-state index contributed by atoms with van der Waals surface area (Å²) < 4.78 is 7.36. The molecule has 13 heavy (non-hydrogen) atoms. The third-order valence-electron chi connectivity index (χ3n) is 1.81. The smallest absolute Gasteiger partial charge is 0.135 e. The molecule has 0 saturated heterocycles. The fourth-order valence-electron chi connectivity index (χ4n) is 1.25. The standard InChI is InChI=1S/C10H7BrOS/c1-6-4-10(13)8-5-7(11)2-3-9(8)12-6/h2-5H,1H3. The van der Waals surface area contributed by atoms with Crippen LogP contribution in [-0.2, 0) is 0 Å². The van der Waals surface area contributed by atoms with E-state index in [4.69, 9.17) is 16.6 Å². The molecule has 0 spiro atoms. The Morgan fingerprint density at radius 3 is 2.85 bits per heavy atom. The maximum atomic E-state index is 5.51. The highest BCUT2D eigenvalue weighted by atomic mass is 79.9. The average Bonchev–Trinajstić information content (AvgIpc) is 2.06. The van der Waals surface area contributed by atoms with Gasteiger partial charge in [0.05, 0.1) is 4.51 Å². The minimum absolute atomic E-state index is 0.833. The van der Waals surface area contributed by atoms with Gasteiger partial charge in [0.2, 0.25) is 0 Å². The Bertz CT molecular complexity index is 516. The lowest BCUT2D eigenvalue weighted by molar-refractivity contribution is 0.565. The van der Waals surface area contributed by atoms with E-state index in [1.165, 1.54) is 0 Å². The summed E-state index contributed by atoms with van der Waals surface area (Å²) in [5, 5.41) is 0.981. The molecule has 66 valence electrons. The zero-order valence-corrected chi connectivity index (χ0v) is 9.41. The molecule has 0 N–H and O–H groups in total. The van der Waals surface area contributed by atoms with Crippen LogP contribution in [0, 0.1) is 11.4 Å². The lowest BCUT2D eigenvalue weighted by atomic mass is 10.2. The Kier molecular flexibility index (Phi) is 2.22.